The number of nitrogens with zero attached hydrogens (tertiary/aromatic N) is 1. The minimum absolute atomic E-state index is 0.000862. The number of hydrogen-bond acceptors (Lipinski definition) is 4. The maximum absolute atomic E-state index is 11.8. The van der Waals surface area contributed by atoms with Gasteiger partial charge in [0, 0.05) is 32.7 Å². The summed E-state index contributed by atoms with van der Waals surface area (Å²) in [5.74, 6) is 0.422. The molecule has 0 radical (unpaired) electrons. The molecule has 1 rings (SSSR count). The van der Waals surface area contributed by atoms with E-state index in [0.29, 0.717) is 25.4 Å². The highest BCUT2D eigenvalue weighted by Gasteiger charge is 2.23. The predicted molar refractivity (Wildman–Crippen MR) is 72.4 cm³/mol. The number of rotatable bonds is 6. The molecule has 18 heavy (non-hydrogen) atoms. The van der Waals surface area contributed by atoms with Gasteiger partial charge in [0.1, 0.15) is 0 Å². The lowest BCUT2D eigenvalue weighted by atomic mass is 9.94. The van der Waals surface area contributed by atoms with Crippen LogP contribution < -0.4 is 10.6 Å². The largest absolute Gasteiger partial charge is 0.388 e. The molecule has 5 heteroatoms. The molecular weight excluding hydrogens is 230 g/mol. The first-order valence-corrected chi connectivity index (χ1v) is 6.81. The molecule has 1 fully saturated rings. The van der Waals surface area contributed by atoms with Crippen LogP contribution in [0.1, 0.15) is 27.2 Å². The highest BCUT2D eigenvalue weighted by molar-refractivity contribution is 5.78. The summed E-state index contributed by atoms with van der Waals surface area (Å²) in [6, 6.07) is 0. The van der Waals surface area contributed by atoms with E-state index in [1.54, 1.807) is 6.92 Å². The highest BCUT2D eigenvalue weighted by Crippen LogP contribution is 2.14. The van der Waals surface area contributed by atoms with E-state index < -0.39 is 5.60 Å². The summed E-state index contributed by atoms with van der Waals surface area (Å²) in [7, 11) is 0. The molecule has 1 heterocycles. The molecule has 1 aliphatic heterocycles. The molecule has 1 atom stereocenters. The van der Waals surface area contributed by atoms with Gasteiger partial charge in [-0.15, -0.1) is 0 Å². The van der Waals surface area contributed by atoms with Gasteiger partial charge in [-0.3, -0.25) is 9.69 Å². The van der Waals surface area contributed by atoms with E-state index in [4.69, 9.17) is 0 Å². The average molecular weight is 257 g/mol. The molecule has 106 valence electrons. The van der Waals surface area contributed by atoms with Crippen molar-refractivity contribution in [1.82, 2.24) is 15.5 Å². The lowest BCUT2D eigenvalue weighted by molar-refractivity contribution is -0.123. The smallest absolute Gasteiger partial charge is 0.234 e. The Labute approximate surface area is 110 Å². The summed E-state index contributed by atoms with van der Waals surface area (Å²) >= 11 is 0. The van der Waals surface area contributed by atoms with Crippen LogP contribution >= 0.6 is 0 Å². The molecule has 0 bridgehead atoms. The number of carbonyl (C=O) groups is 1. The van der Waals surface area contributed by atoms with Crippen molar-refractivity contribution in [2.75, 3.05) is 39.3 Å². The molecule has 0 spiro atoms. The van der Waals surface area contributed by atoms with Gasteiger partial charge >= 0.3 is 0 Å². The van der Waals surface area contributed by atoms with Gasteiger partial charge in [0.25, 0.3) is 0 Å². The van der Waals surface area contributed by atoms with Crippen molar-refractivity contribution in [1.29, 1.82) is 0 Å². The summed E-state index contributed by atoms with van der Waals surface area (Å²) < 4.78 is 0. The van der Waals surface area contributed by atoms with Crippen LogP contribution in [-0.2, 0) is 4.79 Å². The fourth-order valence-corrected chi connectivity index (χ4v) is 2.37. The first-order valence-electron chi connectivity index (χ1n) is 6.81. The van der Waals surface area contributed by atoms with Crippen LogP contribution in [0.15, 0.2) is 0 Å². The lowest BCUT2D eigenvalue weighted by Crippen LogP contribution is -2.49. The van der Waals surface area contributed by atoms with Crippen molar-refractivity contribution in [2.24, 2.45) is 5.92 Å². The Hall–Kier alpha value is -0.650. The van der Waals surface area contributed by atoms with Crippen LogP contribution in [-0.4, -0.2) is 60.8 Å². The molecule has 0 aliphatic carbocycles. The van der Waals surface area contributed by atoms with Gasteiger partial charge in [0.15, 0.2) is 0 Å². The Kier molecular flexibility index (Phi) is 6.05. The molecule has 3 N–H and O–H groups in total. The minimum atomic E-state index is -0.812. The molecule has 0 aromatic heterocycles. The summed E-state index contributed by atoms with van der Waals surface area (Å²) in [4.78, 5) is 13.9. The van der Waals surface area contributed by atoms with Gasteiger partial charge in [-0.25, -0.2) is 0 Å². The van der Waals surface area contributed by atoms with Crippen LogP contribution in [0.4, 0.5) is 0 Å². The van der Waals surface area contributed by atoms with E-state index in [-0.39, 0.29) is 5.91 Å². The van der Waals surface area contributed by atoms with Crippen LogP contribution in [0.5, 0.6) is 0 Å². The molecule has 0 saturated carbocycles. The van der Waals surface area contributed by atoms with Gasteiger partial charge in [-0.1, -0.05) is 13.8 Å². The van der Waals surface area contributed by atoms with Crippen LogP contribution in [0.3, 0.4) is 0 Å². The maximum atomic E-state index is 11.8. The third-order valence-corrected chi connectivity index (χ3v) is 3.09. The Morgan fingerprint density at radius 3 is 2.61 bits per heavy atom. The van der Waals surface area contributed by atoms with E-state index in [2.05, 4.69) is 29.4 Å². The fraction of sp³-hybridized carbons (Fsp3) is 0.923. The molecule has 1 unspecified atom stereocenters. The number of carbonyl (C=O) groups excluding carboxylic acids is 1. The molecule has 1 aliphatic rings. The number of aliphatic hydroxyl groups is 1. The molecule has 5 nitrogen and oxygen atoms in total. The van der Waals surface area contributed by atoms with E-state index >= 15 is 0 Å². The molecule has 1 saturated heterocycles. The zero-order valence-corrected chi connectivity index (χ0v) is 11.8. The molecule has 1 amide bonds. The van der Waals surface area contributed by atoms with Crippen molar-refractivity contribution in [3.63, 3.8) is 0 Å². The average Bonchev–Trinajstić information content (AvgIpc) is 2.26. The van der Waals surface area contributed by atoms with Gasteiger partial charge in [-0.05, 0) is 19.3 Å². The summed E-state index contributed by atoms with van der Waals surface area (Å²) in [5, 5.41) is 16.2. The fourth-order valence-electron chi connectivity index (χ4n) is 2.37. The van der Waals surface area contributed by atoms with Crippen molar-refractivity contribution in [3.05, 3.63) is 0 Å². The standard InChI is InChI=1S/C13H27N3O2/c1-11(2)8-13(3,18)10-15-12(17)9-16-6-4-14-5-7-16/h11,14,18H,4-10H2,1-3H3,(H,15,17). The third-order valence-electron chi connectivity index (χ3n) is 3.09. The number of piperazine rings is 1. The van der Waals surface area contributed by atoms with E-state index in [0.717, 1.165) is 26.2 Å². The SMILES string of the molecule is CC(C)CC(C)(O)CNC(=O)CN1CCNCC1. The van der Waals surface area contributed by atoms with Gasteiger partial charge in [0.2, 0.25) is 5.91 Å². The Morgan fingerprint density at radius 1 is 1.44 bits per heavy atom. The Balaban J connectivity index is 2.23. The monoisotopic (exact) mass is 257 g/mol. The molecular formula is C13H27N3O2. The first-order chi connectivity index (χ1) is 8.39. The number of amides is 1. The second kappa shape index (κ2) is 7.07. The quantitative estimate of drug-likeness (QED) is 0.617. The van der Waals surface area contributed by atoms with E-state index in [1.807, 2.05) is 0 Å². The second-order valence-electron chi connectivity index (χ2n) is 5.90. The summed E-state index contributed by atoms with van der Waals surface area (Å²) in [6.45, 7) is 10.4. The van der Waals surface area contributed by atoms with Gasteiger partial charge < -0.3 is 15.7 Å². The van der Waals surface area contributed by atoms with Crippen molar-refractivity contribution < 1.29 is 9.90 Å². The predicted octanol–water partition coefficient (Wildman–Crippen LogP) is -0.195. The molecule has 0 aromatic rings. The Morgan fingerprint density at radius 2 is 2.06 bits per heavy atom. The van der Waals surface area contributed by atoms with Gasteiger partial charge in [0.05, 0.1) is 12.1 Å². The van der Waals surface area contributed by atoms with Crippen LogP contribution in [0.25, 0.3) is 0 Å². The molecule has 0 aromatic carbocycles. The maximum Gasteiger partial charge on any atom is 0.234 e. The topological polar surface area (TPSA) is 64.6 Å². The van der Waals surface area contributed by atoms with Gasteiger partial charge in [-0.2, -0.15) is 0 Å². The lowest BCUT2D eigenvalue weighted by Gasteiger charge is -2.28. The number of hydrogen-bond donors (Lipinski definition) is 3. The zero-order chi connectivity index (χ0) is 13.6. The second-order valence-corrected chi connectivity index (χ2v) is 5.90. The third kappa shape index (κ3) is 6.33. The minimum Gasteiger partial charge on any atom is -0.388 e. The first kappa shape index (κ1) is 15.4. The number of nitrogens with one attached hydrogen (secondary N) is 2. The summed E-state index contributed by atoms with van der Waals surface area (Å²) in [6.07, 6.45) is 0.695. The summed E-state index contributed by atoms with van der Waals surface area (Å²) in [5.41, 5.74) is -0.812. The zero-order valence-electron chi connectivity index (χ0n) is 11.8. The van der Waals surface area contributed by atoms with E-state index in [9.17, 15) is 9.90 Å². The van der Waals surface area contributed by atoms with Crippen LogP contribution in [0.2, 0.25) is 0 Å². The van der Waals surface area contributed by atoms with E-state index in [1.165, 1.54) is 0 Å². The van der Waals surface area contributed by atoms with Crippen molar-refractivity contribution in [3.8, 4) is 0 Å². The highest BCUT2D eigenvalue weighted by atomic mass is 16.3. The Bertz CT molecular complexity index is 261. The van der Waals surface area contributed by atoms with Crippen molar-refractivity contribution >= 4 is 5.91 Å². The normalized spacial score (nSPS) is 20.7. The van der Waals surface area contributed by atoms with Crippen molar-refractivity contribution in [2.45, 2.75) is 32.8 Å². The van der Waals surface area contributed by atoms with Crippen LogP contribution in [0, 0.1) is 5.92 Å².